The van der Waals surface area contributed by atoms with E-state index in [0.717, 1.165) is 6.08 Å². The second-order valence-electron chi connectivity index (χ2n) is 3.66. The molecule has 0 bridgehead atoms. The van der Waals surface area contributed by atoms with Gasteiger partial charge in [-0.05, 0) is 27.9 Å². The molecule has 0 aliphatic rings. The van der Waals surface area contributed by atoms with Crippen LogP contribution in [0.3, 0.4) is 0 Å². The van der Waals surface area contributed by atoms with Crippen LogP contribution in [0.2, 0.25) is 0 Å². The van der Waals surface area contributed by atoms with E-state index in [1.807, 2.05) is 14.1 Å². The summed E-state index contributed by atoms with van der Waals surface area (Å²) in [6, 6.07) is 4.67. The minimum Gasteiger partial charge on any atom is -0.444 e. The minimum absolute atomic E-state index is 0.189. The van der Waals surface area contributed by atoms with Gasteiger partial charge in [-0.3, -0.25) is 4.90 Å². The predicted molar refractivity (Wildman–Crippen MR) is 64.4 cm³/mol. The van der Waals surface area contributed by atoms with Crippen LogP contribution >= 0.6 is 0 Å². The predicted octanol–water partition coefficient (Wildman–Crippen LogP) is 1.19. The van der Waals surface area contributed by atoms with Gasteiger partial charge in [0.2, 0.25) is 5.41 Å². The molecule has 18 heavy (non-hydrogen) atoms. The van der Waals surface area contributed by atoms with Crippen molar-refractivity contribution in [3.05, 3.63) is 12.7 Å². The van der Waals surface area contributed by atoms with Crippen molar-refractivity contribution in [3.63, 3.8) is 0 Å². The van der Waals surface area contributed by atoms with Gasteiger partial charge in [-0.2, -0.15) is 15.8 Å². The average Bonchev–Trinajstić information content (AvgIpc) is 2.38. The van der Waals surface area contributed by atoms with E-state index < -0.39 is 5.41 Å². The molecule has 0 saturated heterocycles. The fourth-order valence-electron chi connectivity index (χ4n) is 0.397. The van der Waals surface area contributed by atoms with Crippen LogP contribution in [0.4, 0.5) is 0 Å². The molecule has 0 rings (SSSR count). The summed E-state index contributed by atoms with van der Waals surface area (Å²) in [5.74, 6) is -0.388. The molecule has 0 heterocycles. The van der Waals surface area contributed by atoms with Gasteiger partial charge < -0.3 is 4.74 Å². The van der Waals surface area contributed by atoms with Gasteiger partial charge >= 0.3 is 5.97 Å². The standard InChI is InChI=1S/C7H13NO2.C5H3N3/c1-5-7(9)10-6(2)8(3)4;1-5(2-6,3-7)4-8/h5-6H,1H2,2-4H3;1H3. The number of carbonyl (C=O) groups excluding carboxylic acids is 1. The van der Waals surface area contributed by atoms with Crippen LogP contribution in [0.1, 0.15) is 13.8 Å². The quantitative estimate of drug-likeness (QED) is 0.422. The lowest BCUT2D eigenvalue weighted by atomic mass is 9.98. The van der Waals surface area contributed by atoms with Crippen molar-refractivity contribution in [3.8, 4) is 18.2 Å². The number of hydrogen-bond donors (Lipinski definition) is 0. The van der Waals surface area contributed by atoms with Crippen molar-refractivity contribution < 1.29 is 9.53 Å². The Hall–Kier alpha value is -2.36. The molecule has 6 heteroatoms. The Morgan fingerprint density at radius 2 is 1.72 bits per heavy atom. The maximum Gasteiger partial charge on any atom is 0.331 e. The highest BCUT2D eigenvalue weighted by molar-refractivity contribution is 5.81. The minimum atomic E-state index is -1.46. The third-order valence-corrected chi connectivity index (χ3v) is 1.85. The molecule has 6 nitrogen and oxygen atoms in total. The second-order valence-corrected chi connectivity index (χ2v) is 3.66. The summed E-state index contributed by atoms with van der Waals surface area (Å²) in [6.07, 6.45) is 0.963. The molecule has 0 aromatic rings. The zero-order valence-corrected chi connectivity index (χ0v) is 11.0. The normalized spacial score (nSPS) is 10.8. The topological polar surface area (TPSA) is 101 Å². The molecule has 1 unspecified atom stereocenters. The number of nitrogens with zero attached hydrogens (tertiary/aromatic N) is 4. The highest BCUT2D eigenvalue weighted by Crippen LogP contribution is 2.08. The zero-order chi connectivity index (χ0) is 14.8. The van der Waals surface area contributed by atoms with Gasteiger partial charge in [0.1, 0.15) is 0 Å². The molecule has 0 aliphatic carbocycles. The van der Waals surface area contributed by atoms with Crippen LogP contribution in [-0.4, -0.2) is 31.2 Å². The van der Waals surface area contributed by atoms with Gasteiger partial charge in [0.25, 0.3) is 0 Å². The maximum atomic E-state index is 10.6. The van der Waals surface area contributed by atoms with E-state index in [2.05, 4.69) is 6.58 Å². The van der Waals surface area contributed by atoms with Crippen LogP contribution in [0.25, 0.3) is 0 Å². The zero-order valence-electron chi connectivity index (χ0n) is 11.0. The molecule has 0 spiro atoms. The van der Waals surface area contributed by atoms with Crippen LogP contribution in [-0.2, 0) is 9.53 Å². The highest BCUT2D eigenvalue weighted by atomic mass is 16.6. The molecule has 0 fully saturated rings. The fraction of sp³-hybridized carbons (Fsp3) is 0.500. The van der Waals surface area contributed by atoms with Crippen LogP contribution in [0, 0.1) is 39.4 Å². The van der Waals surface area contributed by atoms with Crippen molar-refractivity contribution in [2.24, 2.45) is 5.41 Å². The highest BCUT2D eigenvalue weighted by Gasteiger charge is 2.21. The van der Waals surface area contributed by atoms with Gasteiger partial charge in [-0.1, -0.05) is 6.58 Å². The van der Waals surface area contributed by atoms with Gasteiger partial charge in [0.05, 0.1) is 18.2 Å². The van der Waals surface area contributed by atoms with E-state index in [4.69, 9.17) is 20.5 Å². The van der Waals surface area contributed by atoms with Crippen molar-refractivity contribution >= 4 is 5.97 Å². The SMILES string of the molecule is C=CC(=O)OC(C)N(C)C.CC(C#N)(C#N)C#N. The van der Waals surface area contributed by atoms with Gasteiger partial charge in [0.15, 0.2) is 6.23 Å². The van der Waals surface area contributed by atoms with Crippen LogP contribution in [0.15, 0.2) is 12.7 Å². The number of carbonyl (C=O) groups is 1. The van der Waals surface area contributed by atoms with Crippen LogP contribution in [0.5, 0.6) is 0 Å². The summed E-state index contributed by atoms with van der Waals surface area (Å²) in [6.45, 7) is 6.34. The molecule has 96 valence electrons. The largest absolute Gasteiger partial charge is 0.444 e. The first-order valence-corrected chi connectivity index (χ1v) is 4.99. The van der Waals surface area contributed by atoms with Crippen molar-refractivity contribution in [2.45, 2.75) is 20.1 Å². The van der Waals surface area contributed by atoms with Gasteiger partial charge in [-0.15, -0.1) is 0 Å². The lowest BCUT2D eigenvalue weighted by molar-refractivity contribution is -0.149. The van der Waals surface area contributed by atoms with E-state index in [9.17, 15) is 4.79 Å². The molecule has 0 saturated carbocycles. The Labute approximate surface area is 107 Å². The molecule has 0 aromatic heterocycles. The monoisotopic (exact) mass is 248 g/mol. The Kier molecular flexibility index (Phi) is 8.76. The number of esters is 1. The summed E-state index contributed by atoms with van der Waals surface area (Å²) in [5, 5.41) is 24.3. The van der Waals surface area contributed by atoms with Crippen LogP contribution < -0.4 is 0 Å². The second kappa shape index (κ2) is 8.75. The number of rotatable bonds is 3. The summed E-state index contributed by atoms with van der Waals surface area (Å²) in [5.41, 5.74) is -1.46. The first kappa shape index (κ1) is 18.0. The van der Waals surface area contributed by atoms with E-state index in [0.29, 0.717) is 0 Å². The molecule has 0 aromatic carbocycles. The Morgan fingerprint density at radius 3 is 1.89 bits per heavy atom. The van der Waals surface area contributed by atoms with Crippen molar-refractivity contribution in [1.29, 1.82) is 15.8 Å². The Morgan fingerprint density at radius 1 is 1.33 bits per heavy atom. The molecule has 0 aliphatic heterocycles. The summed E-state index contributed by atoms with van der Waals surface area (Å²) in [7, 11) is 3.67. The van der Waals surface area contributed by atoms with E-state index in [1.54, 1.807) is 30.0 Å². The lowest BCUT2D eigenvalue weighted by Gasteiger charge is -2.18. The number of hydrogen-bond acceptors (Lipinski definition) is 6. The average molecular weight is 248 g/mol. The van der Waals surface area contributed by atoms with E-state index in [-0.39, 0.29) is 12.2 Å². The van der Waals surface area contributed by atoms with E-state index >= 15 is 0 Å². The molecule has 1 atom stereocenters. The first-order valence-electron chi connectivity index (χ1n) is 4.99. The Bertz CT molecular complexity index is 373. The lowest BCUT2D eigenvalue weighted by Crippen LogP contribution is -2.29. The maximum absolute atomic E-state index is 10.6. The van der Waals surface area contributed by atoms with Crippen molar-refractivity contribution in [1.82, 2.24) is 4.90 Å². The fourth-order valence-corrected chi connectivity index (χ4v) is 0.397. The third-order valence-electron chi connectivity index (χ3n) is 1.85. The molecule has 0 radical (unpaired) electrons. The van der Waals surface area contributed by atoms with E-state index in [1.165, 1.54) is 6.92 Å². The number of nitriles is 3. The molecule has 0 amide bonds. The third kappa shape index (κ3) is 7.87. The summed E-state index contributed by atoms with van der Waals surface area (Å²) < 4.78 is 4.83. The molecular formula is C12H16N4O2. The smallest absolute Gasteiger partial charge is 0.331 e. The van der Waals surface area contributed by atoms with Gasteiger partial charge in [-0.25, -0.2) is 4.79 Å². The first-order chi connectivity index (χ1) is 8.26. The Balaban J connectivity index is 0. The molecule has 0 N–H and O–H groups in total. The van der Waals surface area contributed by atoms with Gasteiger partial charge in [0, 0.05) is 6.08 Å². The van der Waals surface area contributed by atoms with Crippen molar-refractivity contribution in [2.75, 3.05) is 14.1 Å². The molecular weight excluding hydrogens is 232 g/mol. The summed E-state index contributed by atoms with van der Waals surface area (Å²) >= 11 is 0. The number of ether oxygens (including phenoxy) is 1. The summed E-state index contributed by atoms with van der Waals surface area (Å²) in [4.78, 5) is 12.4.